The zero-order valence-corrected chi connectivity index (χ0v) is 15.8. The Morgan fingerprint density at radius 1 is 1.07 bits per heavy atom. The van der Waals surface area contributed by atoms with Gasteiger partial charge in [-0.25, -0.2) is 0 Å². The van der Waals surface area contributed by atoms with Gasteiger partial charge in [0.2, 0.25) is 5.91 Å². The Hall–Kier alpha value is -2.82. The first-order valence-corrected chi connectivity index (χ1v) is 9.57. The van der Waals surface area contributed by atoms with Crippen molar-refractivity contribution in [2.75, 3.05) is 11.1 Å². The molecule has 0 atom stereocenters. The maximum absolute atomic E-state index is 12.4. The van der Waals surface area contributed by atoms with Crippen LogP contribution >= 0.6 is 0 Å². The van der Waals surface area contributed by atoms with Crippen LogP contribution in [0.3, 0.4) is 0 Å². The van der Waals surface area contributed by atoms with Gasteiger partial charge in [0.15, 0.2) is 0 Å². The first kappa shape index (κ1) is 19.0. The van der Waals surface area contributed by atoms with Gasteiger partial charge in [0.1, 0.15) is 0 Å². The second kappa shape index (κ2) is 8.71. The van der Waals surface area contributed by atoms with Crippen molar-refractivity contribution in [1.29, 1.82) is 0 Å². The van der Waals surface area contributed by atoms with Gasteiger partial charge in [-0.1, -0.05) is 37.5 Å². The summed E-state index contributed by atoms with van der Waals surface area (Å²) in [6.07, 6.45) is 5.44. The number of benzene rings is 2. The summed E-state index contributed by atoms with van der Waals surface area (Å²) >= 11 is 0. The predicted molar refractivity (Wildman–Crippen MR) is 108 cm³/mol. The fourth-order valence-corrected chi connectivity index (χ4v) is 3.53. The average Bonchev–Trinajstić information content (AvgIpc) is 2.69. The van der Waals surface area contributed by atoms with Crippen LogP contribution < -0.4 is 16.4 Å². The standard InChI is InChI=1S/C22H27N3O2/c1-15-10-11-18(23)13-20(15)22(27)24-14-16-6-5-9-19(12-16)25-21(26)17-7-3-2-4-8-17/h5-6,9-13,17H,2-4,7-8,14,23H2,1H3,(H,24,27)(H,25,26). The molecule has 0 aliphatic heterocycles. The van der Waals surface area contributed by atoms with E-state index in [2.05, 4.69) is 10.6 Å². The quantitative estimate of drug-likeness (QED) is 0.700. The summed E-state index contributed by atoms with van der Waals surface area (Å²) < 4.78 is 0. The van der Waals surface area contributed by atoms with Gasteiger partial charge in [0.25, 0.3) is 5.91 Å². The number of hydrogen-bond acceptors (Lipinski definition) is 3. The zero-order valence-electron chi connectivity index (χ0n) is 15.8. The lowest BCUT2D eigenvalue weighted by molar-refractivity contribution is -0.120. The minimum absolute atomic E-state index is 0.103. The molecule has 0 spiro atoms. The maximum Gasteiger partial charge on any atom is 0.251 e. The molecule has 0 saturated heterocycles. The summed E-state index contributed by atoms with van der Waals surface area (Å²) in [4.78, 5) is 24.8. The second-order valence-electron chi connectivity index (χ2n) is 7.28. The summed E-state index contributed by atoms with van der Waals surface area (Å²) in [5.74, 6) is 0.0661. The summed E-state index contributed by atoms with van der Waals surface area (Å²) in [5, 5.41) is 5.94. The number of carbonyl (C=O) groups excluding carboxylic acids is 2. The number of aryl methyl sites for hydroxylation is 1. The fraction of sp³-hybridized carbons (Fsp3) is 0.364. The van der Waals surface area contributed by atoms with Crippen molar-refractivity contribution in [3.05, 3.63) is 59.2 Å². The van der Waals surface area contributed by atoms with Gasteiger partial charge in [-0.3, -0.25) is 9.59 Å². The molecule has 2 amide bonds. The largest absolute Gasteiger partial charge is 0.399 e. The molecule has 5 nitrogen and oxygen atoms in total. The second-order valence-corrected chi connectivity index (χ2v) is 7.28. The van der Waals surface area contributed by atoms with Gasteiger partial charge in [-0.2, -0.15) is 0 Å². The van der Waals surface area contributed by atoms with Crippen molar-refractivity contribution < 1.29 is 9.59 Å². The molecule has 0 bridgehead atoms. The Balaban J connectivity index is 1.59. The predicted octanol–water partition coefficient (Wildman–Crippen LogP) is 4.03. The molecule has 0 unspecified atom stereocenters. The lowest BCUT2D eigenvalue weighted by Crippen LogP contribution is -2.25. The Morgan fingerprint density at radius 2 is 1.85 bits per heavy atom. The van der Waals surface area contributed by atoms with Gasteiger partial charge in [0, 0.05) is 29.4 Å². The van der Waals surface area contributed by atoms with Gasteiger partial charge < -0.3 is 16.4 Å². The van der Waals surface area contributed by atoms with E-state index >= 15 is 0 Å². The van der Waals surface area contributed by atoms with Crippen LogP contribution in [0.25, 0.3) is 0 Å². The minimum atomic E-state index is -0.156. The molecule has 4 N–H and O–H groups in total. The van der Waals surface area contributed by atoms with Crippen LogP contribution in [0.5, 0.6) is 0 Å². The number of rotatable bonds is 5. The molecule has 0 radical (unpaired) electrons. The molecule has 2 aromatic rings. The Labute approximate surface area is 160 Å². The van der Waals surface area contributed by atoms with Crippen molar-refractivity contribution in [2.45, 2.75) is 45.6 Å². The molecule has 142 valence electrons. The van der Waals surface area contributed by atoms with Crippen molar-refractivity contribution in [3.8, 4) is 0 Å². The monoisotopic (exact) mass is 365 g/mol. The summed E-state index contributed by atoms with van der Waals surface area (Å²) in [6.45, 7) is 2.27. The van der Waals surface area contributed by atoms with Crippen LogP contribution in [-0.2, 0) is 11.3 Å². The van der Waals surface area contributed by atoms with Crippen LogP contribution in [0.2, 0.25) is 0 Å². The van der Waals surface area contributed by atoms with Gasteiger partial charge in [0.05, 0.1) is 0 Å². The normalized spacial score (nSPS) is 14.6. The first-order valence-electron chi connectivity index (χ1n) is 9.57. The van der Waals surface area contributed by atoms with Gasteiger partial charge in [-0.05, 0) is 55.2 Å². The number of hydrogen-bond donors (Lipinski definition) is 3. The van der Waals surface area contributed by atoms with E-state index in [0.717, 1.165) is 42.5 Å². The molecule has 1 saturated carbocycles. The van der Waals surface area contributed by atoms with E-state index in [-0.39, 0.29) is 17.7 Å². The molecule has 0 aromatic heterocycles. The molecule has 0 heterocycles. The third kappa shape index (κ3) is 5.09. The molecule has 5 heteroatoms. The number of anilines is 2. The lowest BCUT2D eigenvalue weighted by Gasteiger charge is -2.20. The topological polar surface area (TPSA) is 84.2 Å². The first-order chi connectivity index (χ1) is 13.0. The Bertz CT molecular complexity index is 826. The van der Waals surface area contributed by atoms with E-state index in [1.165, 1.54) is 6.42 Å². The molecule has 1 fully saturated rings. The third-order valence-electron chi connectivity index (χ3n) is 5.13. The average molecular weight is 365 g/mol. The van der Waals surface area contributed by atoms with E-state index in [9.17, 15) is 9.59 Å². The SMILES string of the molecule is Cc1ccc(N)cc1C(=O)NCc1cccc(NC(=O)C2CCCCC2)c1. The van der Waals surface area contributed by atoms with E-state index in [1.807, 2.05) is 37.3 Å². The van der Waals surface area contributed by atoms with Gasteiger partial charge >= 0.3 is 0 Å². The molecule has 3 rings (SSSR count). The number of nitrogen functional groups attached to an aromatic ring is 1. The molecular formula is C22H27N3O2. The number of carbonyl (C=O) groups is 2. The third-order valence-corrected chi connectivity index (χ3v) is 5.13. The van der Waals surface area contributed by atoms with E-state index in [4.69, 9.17) is 5.73 Å². The minimum Gasteiger partial charge on any atom is -0.399 e. The van der Waals surface area contributed by atoms with E-state index < -0.39 is 0 Å². The number of nitrogens with two attached hydrogens (primary N) is 1. The van der Waals surface area contributed by atoms with Crippen LogP contribution in [0.4, 0.5) is 11.4 Å². The fourth-order valence-electron chi connectivity index (χ4n) is 3.53. The number of nitrogens with one attached hydrogen (secondary N) is 2. The Morgan fingerprint density at radius 3 is 2.63 bits per heavy atom. The highest BCUT2D eigenvalue weighted by atomic mass is 16.2. The van der Waals surface area contributed by atoms with Crippen LogP contribution in [0.15, 0.2) is 42.5 Å². The highest BCUT2D eigenvalue weighted by Gasteiger charge is 2.21. The van der Waals surface area contributed by atoms with Gasteiger partial charge in [-0.15, -0.1) is 0 Å². The highest BCUT2D eigenvalue weighted by molar-refractivity contribution is 5.96. The van der Waals surface area contributed by atoms with E-state index in [1.54, 1.807) is 12.1 Å². The molecule has 1 aliphatic rings. The van der Waals surface area contributed by atoms with Crippen molar-refractivity contribution in [1.82, 2.24) is 5.32 Å². The van der Waals surface area contributed by atoms with Crippen LogP contribution in [0.1, 0.15) is 53.6 Å². The van der Waals surface area contributed by atoms with Crippen molar-refractivity contribution in [3.63, 3.8) is 0 Å². The maximum atomic E-state index is 12.4. The van der Waals surface area contributed by atoms with E-state index in [0.29, 0.717) is 17.8 Å². The summed E-state index contributed by atoms with van der Waals surface area (Å²) in [5.41, 5.74) is 9.52. The van der Waals surface area contributed by atoms with Crippen LogP contribution in [-0.4, -0.2) is 11.8 Å². The molecule has 1 aliphatic carbocycles. The Kier molecular flexibility index (Phi) is 6.12. The molecular weight excluding hydrogens is 338 g/mol. The molecule has 27 heavy (non-hydrogen) atoms. The summed E-state index contributed by atoms with van der Waals surface area (Å²) in [7, 11) is 0. The summed E-state index contributed by atoms with van der Waals surface area (Å²) in [6, 6.07) is 12.9. The van der Waals surface area contributed by atoms with Crippen molar-refractivity contribution >= 4 is 23.2 Å². The highest BCUT2D eigenvalue weighted by Crippen LogP contribution is 2.25. The zero-order chi connectivity index (χ0) is 19.2. The number of amides is 2. The van der Waals surface area contributed by atoms with Crippen LogP contribution in [0, 0.1) is 12.8 Å². The lowest BCUT2D eigenvalue weighted by atomic mass is 9.88. The van der Waals surface area contributed by atoms with Crippen molar-refractivity contribution in [2.24, 2.45) is 5.92 Å². The molecule has 2 aromatic carbocycles. The smallest absolute Gasteiger partial charge is 0.251 e.